The lowest BCUT2D eigenvalue weighted by molar-refractivity contribution is -0.131. The Morgan fingerprint density at radius 1 is 1.25 bits per heavy atom. The Balaban J connectivity index is 0.00000225. The van der Waals surface area contributed by atoms with Crippen LogP contribution in [0.4, 0.5) is 0 Å². The summed E-state index contributed by atoms with van der Waals surface area (Å²) in [5.74, 6) is 1.12. The third-order valence-corrected chi connectivity index (χ3v) is 5.72. The molecule has 1 aromatic heterocycles. The summed E-state index contributed by atoms with van der Waals surface area (Å²) in [6.45, 7) is 3.66. The minimum absolute atomic E-state index is 0. The number of carbonyl (C=O) groups excluding carboxylic acids is 1. The lowest BCUT2D eigenvalue weighted by Crippen LogP contribution is -2.47. The van der Waals surface area contributed by atoms with E-state index in [0.29, 0.717) is 0 Å². The average molecular weight is 402 g/mol. The standard InChI is InChI=1S/C22H27N3O2.ClH/c1-3-13-27-18-6-4-5-16(14-18)17-8-11-23-20(15-17)19-7-9-22(24-19)10-12-25(2)21(22)26;/h4-6,8,11,14-15,19,24H,3,7,9-10,12-13H2,1-2H3;1H/t19-,22+;/m1./s1. The molecule has 1 spiro atoms. The second kappa shape index (κ2) is 8.50. The molecule has 1 amide bonds. The molecule has 4 rings (SSSR count). The van der Waals surface area contributed by atoms with Crippen LogP contribution >= 0.6 is 12.4 Å². The van der Waals surface area contributed by atoms with Gasteiger partial charge in [0, 0.05) is 19.8 Å². The summed E-state index contributed by atoms with van der Waals surface area (Å²) >= 11 is 0. The van der Waals surface area contributed by atoms with Crippen molar-refractivity contribution in [3.63, 3.8) is 0 Å². The zero-order valence-electron chi connectivity index (χ0n) is 16.5. The minimum atomic E-state index is -0.384. The highest BCUT2D eigenvalue weighted by Gasteiger charge is 2.50. The van der Waals surface area contributed by atoms with E-state index in [1.807, 2.05) is 36.3 Å². The van der Waals surface area contributed by atoms with E-state index in [0.717, 1.165) is 61.4 Å². The van der Waals surface area contributed by atoms with Gasteiger partial charge in [0.25, 0.3) is 0 Å². The van der Waals surface area contributed by atoms with Crippen LogP contribution in [0.15, 0.2) is 42.6 Å². The van der Waals surface area contributed by atoms with Gasteiger partial charge in [0.1, 0.15) is 11.3 Å². The van der Waals surface area contributed by atoms with Crippen molar-refractivity contribution in [1.29, 1.82) is 0 Å². The van der Waals surface area contributed by atoms with Gasteiger partial charge in [-0.3, -0.25) is 15.1 Å². The molecule has 150 valence electrons. The number of likely N-dealkylation sites (tertiary alicyclic amines) is 1. The summed E-state index contributed by atoms with van der Waals surface area (Å²) in [5.41, 5.74) is 2.87. The molecule has 2 aromatic rings. The van der Waals surface area contributed by atoms with Crippen molar-refractivity contribution < 1.29 is 9.53 Å². The van der Waals surface area contributed by atoms with E-state index in [4.69, 9.17) is 4.74 Å². The highest BCUT2D eigenvalue weighted by Crippen LogP contribution is 2.39. The third-order valence-electron chi connectivity index (χ3n) is 5.72. The predicted octanol–water partition coefficient (Wildman–Crippen LogP) is 3.98. The number of carbonyl (C=O) groups is 1. The molecule has 0 aliphatic carbocycles. The predicted molar refractivity (Wildman–Crippen MR) is 113 cm³/mol. The number of likely N-dealkylation sites (N-methyl/N-ethyl adjacent to an activating group) is 1. The van der Waals surface area contributed by atoms with Crippen molar-refractivity contribution in [3.8, 4) is 16.9 Å². The molecular formula is C22H28ClN3O2. The maximum atomic E-state index is 12.5. The van der Waals surface area contributed by atoms with Crippen molar-refractivity contribution >= 4 is 18.3 Å². The van der Waals surface area contributed by atoms with Gasteiger partial charge >= 0.3 is 0 Å². The van der Waals surface area contributed by atoms with Gasteiger partial charge in [-0.25, -0.2) is 0 Å². The largest absolute Gasteiger partial charge is 0.494 e. The van der Waals surface area contributed by atoms with E-state index >= 15 is 0 Å². The summed E-state index contributed by atoms with van der Waals surface area (Å²) in [6.07, 6.45) is 5.56. The van der Waals surface area contributed by atoms with Crippen LogP contribution in [0.2, 0.25) is 0 Å². The number of halogens is 1. The fourth-order valence-electron chi connectivity index (χ4n) is 4.19. The fourth-order valence-corrected chi connectivity index (χ4v) is 4.19. The molecular weight excluding hydrogens is 374 g/mol. The normalized spacial score (nSPS) is 23.9. The number of nitrogens with one attached hydrogen (secondary N) is 1. The Bertz CT molecular complexity index is 844. The van der Waals surface area contributed by atoms with Crippen LogP contribution in [0.3, 0.4) is 0 Å². The minimum Gasteiger partial charge on any atom is -0.494 e. The zero-order chi connectivity index (χ0) is 18.9. The molecule has 6 heteroatoms. The van der Waals surface area contributed by atoms with Crippen LogP contribution in [0.1, 0.15) is 44.3 Å². The van der Waals surface area contributed by atoms with Gasteiger partial charge in [0.2, 0.25) is 5.91 Å². The van der Waals surface area contributed by atoms with Crippen LogP contribution in [-0.4, -0.2) is 41.5 Å². The molecule has 0 saturated carbocycles. The topological polar surface area (TPSA) is 54.5 Å². The monoisotopic (exact) mass is 401 g/mol. The molecule has 28 heavy (non-hydrogen) atoms. The molecule has 0 bridgehead atoms. The van der Waals surface area contributed by atoms with Gasteiger partial charge in [-0.1, -0.05) is 19.1 Å². The quantitative estimate of drug-likeness (QED) is 0.823. The summed E-state index contributed by atoms with van der Waals surface area (Å²) in [4.78, 5) is 19.0. The van der Waals surface area contributed by atoms with Crippen molar-refractivity contribution in [1.82, 2.24) is 15.2 Å². The number of hydrogen-bond acceptors (Lipinski definition) is 4. The highest BCUT2D eigenvalue weighted by molar-refractivity contribution is 5.88. The Kier molecular flexibility index (Phi) is 6.26. The van der Waals surface area contributed by atoms with Crippen LogP contribution in [0, 0.1) is 0 Å². The Morgan fingerprint density at radius 2 is 2.07 bits per heavy atom. The first-order valence-electron chi connectivity index (χ1n) is 9.84. The summed E-state index contributed by atoms with van der Waals surface area (Å²) < 4.78 is 5.76. The summed E-state index contributed by atoms with van der Waals surface area (Å²) in [7, 11) is 1.89. The molecule has 2 fully saturated rings. The number of ether oxygens (including phenoxy) is 1. The van der Waals surface area contributed by atoms with Gasteiger partial charge in [0.15, 0.2) is 0 Å². The highest BCUT2D eigenvalue weighted by atomic mass is 35.5. The number of nitrogens with zero attached hydrogens (tertiary/aromatic N) is 2. The van der Waals surface area contributed by atoms with Gasteiger partial charge < -0.3 is 9.64 Å². The molecule has 1 aromatic carbocycles. The number of amides is 1. The van der Waals surface area contributed by atoms with E-state index in [2.05, 4.69) is 35.4 Å². The zero-order valence-corrected chi connectivity index (χ0v) is 17.3. The first-order chi connectivity index (χ1) is 13.1. The van der Waals surface area contributed by atoms with Crippen LogP contribution in [-0.2, 0) is 4.79 Å². The molecule has 2 aliphatic rings. The number of aromatic nitrogens is 1. The van der Waals surface area contributed by atoms with Gasteiger partial charge in [-0.05, 0) is 61.1 Å². The van der Waals surface area contributed by atoms with Crippen LogP contribution in [0.5, 0.6) is 5.75 Å². The number of hydrogen-bond donors (Lipinski definition) is 1. The number of pyridine rings is 1. The molecule has 2 saturated heterocycles. The lowest BCUT2D eigenvalue weighted by atomic mass is 9.96. The smallest absolute Gasteiger partial charge is 0.242 e. The van der Waals surface area contributed by atoms with Crippen molar-refractivity contribution in [3.05, 3.63) is 48.3 Å². The Morgan fingerprint density at radius 3 is 2.82 bits per heavy atom. The number of rotatable bonds is 5. The maximum Gasteiger partial charge on any atom is 0.242 e. The SMILES string of the molecule is CCCOc1cccc(-c2ccnc([C@H]3CC[C@@]4(CCN(C)C4=O)N3)c2)c1.Cl. The van der Waals surface area contributed by atoms with E-state index in [-0.39, 0.29) is 29.9 Å². The van der Waals surface area contributed by atoms with Crippen molar-refractivity contribution in [2.45, 2.75) is 44.2 Å². The molecule has 1 N–H and O–H groups in total. The fraction of sp³-hybridized carbons (Fsp3) is 0.455. The van der Waals surface area contributed by atoms with Crippen LogP contribution < -0.4 is 10.1 Å². The second-order valence-electron chi connectivity index (χ2n) is 7.64. The third kappa shape index (κ3) is 3.87. The first kappa shape index (κ1) is 20.6. The van der Waals surface area contributed by atoms with Gasteiger partial charge in [0.05, 0.1) is 18.3 Å². The van der Waals surface area contributed by atoms with E-state index < -0.39 is 0 Å². The molecule has 2 atom stereocenters. The van der Waals surface area contributed by atoms with E-state index in [1.165, 1.54) is 0 Å². The summed E-state index contributed by atoms with van der Waals surface area (Å²) in [5, 5.41) is 3.60. The number of benzene rings is 1. The summed E-state index contributed by atoms with van der Waals surface area (Å²) in [6, 6.07) is 12.5. The average Bonchev–Trinajstić information content (AvgIpc) is 3.27. The maximum absolute atomic E-state index is 12.5. The van der Waals surface area contributed by atoms with Gasteiger partial charge in [-0.2, -0.15) is 0 Å². The molecule has 2 aliphatic heterocycles. The molecule has 5 nitrogen and oxygen atoms in total. The van der Waals surface area contributed by atoms with Crippen molar-refractivity contribution in [2.24, 2.45) is 0 Å². The Hall–Kier alpha value is -2.11. The van der Waals surface area contributed by atoms with Gasteiger partial charge in [-0.15, -0.1) is 12.4 Å². The van der Waals surface area contributed by atoms with Crippen molar-refractivity contribution in [2.75, 3.05) is 20.2 Å². The molecule has 0 unspecified atom stereocenters. The molecule has 3 heterocycles. The van der Waals surface area contributed by atoms with Crippen LogP contribution in [0.25, 0.3) is 11.1 Å². The lowest BCUT2D eigenvalue weighted by Gasteiger charge is -2.23. The molecule has 0 radical (unpaired) electrons. The first-order valence-corrected chi connectivity index (χ1v) is 9.84. The van der Waals surface area contributed by atoms with E-state index in [1.54, 1.807) is 0 Å². The van der Waals surface area contributed by atoms with E-state index in [9.17, 15) is 4.79 Å². The second-order valence-corrected chi connectivity index (χ2v) is 7.64. The Labute approximate surface area is 172 Å².